The molecule has 1 heterocycles. The van der Waals surface area contributed by atoms with Crippen molar-refractivity contribution in [3.63, 3.8) is 0 Å². The number of carbonyl (C=O) groups excluding carboxylic acids is 1. The van der Waals surface area contributed by atoms with Gasteiger partial charge in [-0.1, -0.05) is 35.9 Å². The zero-order chi connectivity index (χ0) is 19.3. The van der Waals surface area contributed by atoms with Crippen LogP contribution < -0.4 is 10.6 Å². The molecule has 4 rings (SSSR count). The number of rotatable bonds is 7. The molecule has 1 aliphatic carbocycles. The van der Waals surface area contributed by atoms with E-state index in [0.29, 0.717) is 10.6 Å². The minimum Gasteiger partial charge on any atom is -0.374 e. The van der Waals surface area contributed by atoms with E-state index in [2.05, 4.69) is 21.6 Å². The summed E-state index contributed by atoms with van der Waals surface area (Å²) in [5, 5.41) is 6.86. The van der Waals surface area contributed by atoms with E-state index >= 15 is 0 Å². The molecule has 148 valence electrons. The Morgan fingerprint density at radius 1 is 1.18 bits per heavy atom. The predicted octanol–water partition coefficient (Wildman–Crippen LogP) is 3.55. The summed E-state index contributed by atoms with van der Waals surface area (Å²) in [5.74, 6) is -0.202. The van der Waals surface area contributed by atoms with E-state index in [-0.39, 0.29) is 12.0 Å². The molecule has 1 unspecified atom stereocenters. The maximum atomic E-state index is 12.4. The van der Waals surface area contributed by atoms with Crippen molar-refractivity contribution < 1.29 is 9.53 Å². The van der Waals surface area contributed by atoms with Crippen molar-refractivity contribution in [3.8, 4) is 0 Å². The van der Waals surface area contributed by atoms with E-state index in [9.17, 15) is 4.79 Å². The number of benzene rings is 2. The molecule has 6 heteroatoms. The first-order valence-corrected chi connectivity index (χ1v) is 10.3. The standard InChI is InChI=1S/C22H26ClN3O2/c23-21-7-2-1-6-20(21)22(27)25-17-5-3-4-16(12-17)13-24-14-19-15-26(10-11-28-19)18-8-9-18/h1-7,12,18-19,24H,8-11,13-15H2,(H,25,27). The minimum atomic E-state index is -0.202. The molecule has 2 N–H and O–H groups in total. The maximum absolute atomic E-state index is 12.4. The smallest absolute Gasteiger partial charge is 0.257 e. The predicted molar refractivity (Wildman–Crippen MR) is 112 cm³/mol. The van der Waals surface area contributed by atoms with Gasteiger partial charge in [0, 0.05) is 37.9 Å². The molecule has 1 saturated carbocycles. The Morgan fingerprint density at radius 3 is 2.86 bits per heavy atom. The van der Waals surface area contributed by atoms with Gasteiger partial charge in [-0.3, -0.25) is 9.69 Å². The summed E-state index contributed by atoms with van der Waals surface area (Å²) < 4.78 is 5.89. The highest BCUT2D eigenvalue weighted by Crippen LogP contribution is 2.28. The van der Waals surface area contributed by atoms with Gasteiger partial charge in [0.2, 0.25) is 0 Å². The van der Waals surface area contributed by atoms with Crippen LogP contribution in [0.5, 0.6) is 0 Å². The molecule has 2 aromatic carbocycles. The Balaban J connectivity index is 1.28. The number of morpholine rings is 1. The van der Waals surface area contributed by atoms with Crippen LogP contribution in [0.4, 0.5) is 5.69 Å². The van der Waals surface area contributed by atoms with Crippen LogP contribution in [-0.4, -0.2) is 49.2 Å². The highest BCUT2D eigenvalue weighted by Gasteiger charge is 2.32. The fourth-order valence-corrected chi connectivity index (χ4v) is 3.84. The van der Waals surface area contributed by atoms with Gasteiger partial charge >= 0.3 is 0 Å². The topological polar surface area (TPSA) is 53.6 Å². The summed E-state index contributed by atoms with van der Waals surface area (Å²) in [6, 6.07) is 15.7. The Kier molecular flexibility index (Phi) is 6.27. The van der Waals surface area contributed by atoms with E-state index in [0.717, 1.165) is 50.1 Å². The molecule has 1 saturated heterocycles. The van der Waals surface area contributed by atoms with Crippen molar-refractivity contribution in [2.75, 3.05) is 31.6 Å². The summed E-state index contributed by atoms with van der Waals surface area (Å²) in [4.78, 5) is 15.0. The monoisotopic (exact) mass is 399 g/mol. The molecule has 2 aromatic rings. The van der Waals surface area contributed by atoms with E-state index in [4.69, 9.17) is 16.3 Å². The molecular weight excluding hydrogens is 374 g/mol. The quantitative estimate of drug-likeness (QED) is 0.747. The number of hydrogen-bond acceptors (Lipinski definition) is 4. The summed E-state index contributed by atoms with van der Waals surface area (Å²) in [6.45, 7) is 4.48. The van der Waals surface area contributed by atoms with Crippen LogP contribution in [0.3, 0.4) is 0 Å². The summed E-state index contributed by atoms with van der Waals surface area (Å²) in [5.41, 5.74) is 2.35. The van der Waals surface area contributed by atoms with Gasteiger partial charge in [-0.2, -0.15) is 0 Å². The molecule has 0 radical (unpaired) electrons. The first-order chi connectivity index (χ1) is 13.7. The van der Waals surface area contributed by atoms with Crippen LogP contribution >= 0.6 is 11.6 Å². The molecule has 2 fully saturated rings. The fourth-order valence-electron chi connectivity index (χ4n) is 3.62. The number of nitrogens with one attached hydrogen (secondary N) is 2. The van der Waals surface area contributed by atoms with Gasteiger partial charge in [0.25, 0.3) is 5.91 Å². The van der Waals surface area contributed by atoms with Gasteiger partial charge in [-0.15, -0.1) is 0 Å². The van der Waals surface area contributed by atoms with Gasteiger partial charge in [0.15, 0.2) is 0 Å². The minimum absolute atomic E-state index is 0.202. The van der Waals surface area contributed by atoms with Gasteiger partial charge in [-0.05, 0) is 42.7 Å². The maximum Gasteiger partial charge on any atom is 0.257 e. The van der Waals surface area contributed by atoms with Crippen LogP contribution in [0, 0.1) is 0 Å². The molecule has 1 atom stereocenters. The average Bonchev–Trinajstić information content (AvgIpc) is 3.54. The first kappa shape index (κ1) is 19.4. The van der Waals surface area contributed by atoms with Crippen molar-refractivity contribution in [1.29, 1.82) is 0 Å². The van der Waals surface area contributed by atoms with Crippen molar-refractivity contribution in [2.45, 2.75) is 31.5 Å². The van der Waals surface area contributed by atoms with E-state index in [1.807, 2.05) is 24.3 Å². The number of ether oxygens (including phenoxy) is 1. The average molecular weight is 400 g/mol. The molecule has 5 nitrogen and oxygen atoms in total. The van der Waals surface area contributed by atoms with Crippen LogP contribution in [0.25, 0.3) is 0 Å². The molecule has 0 spiro atoms. The van der Waals surface area contributed by atoms with Gasteiger partial charge in [-0.25, -0.2) is 0 Å². The SMILES string of the molecule is O=C(Nc1cccc(CNCC2CN(C3CC3)CCO2)c1)c1ccccc1Cl. The largest absolute Gasteiger partial charge is 0.374 e. The number of carbonyl (C=O) groups is 1. The van der Waals surface area contributed by atoms with E-state index in [1.54, 1.807) is 18.2 Å². The number of halogens is 1. The Hall–Kier alpha value is -1.92. The highest BCUT2D eigenvalue weighted by molar-refractivity contribution is 6.34. The van der Waals surface area contributed by atoms with Crippen molar-refractivity contribution in [1.82, 2.24) is 10.2 Å². The molecule has 28 heavy (non-hydrogen) atoms. The summed E-state index contributed by atoms with van der Waals surface area (Å²) in [6.07, 6.45) is 2.93. The van der Waals surface area contributed by atoms with Crippen LogP contribution in [0.15, 0.2) is 48.5 Å². The van der Waals surface area contributed by atoms with E-state index in [1.165, 1.54) is 12.8 Å². The lowest BCUT2D eigenvalue weighted by Crippen LogP contribution is -2.47. The third-order valence-electron chi connectivity index (χ3n) is 5.24. The molecule has 1 aliphatic heterocycles. The third-order valence-corrected chi connectivity index (χ3v) is 5.57. The van der Waals surface area contributed by atoms with Gasteiger partial charge < -0.3 is 15.4 Å². The van der Waals surface area contributed by atoms with Crippen molar-refractivity contribution in [3.05, 3.63) is 64.7 Å². The summed E-state index contributed by atoms with van der Waals surface area (Å²) in [7, 11) is 0. The van der Waals surface area contributed by atoms with Crippen LogP contribution in [0.2, 0.25) is 5.02 Å². The second kappa shape index (κ2) is 9.05. The second-order valence-electron chi connectivity index (χ2n) is 7.48. The lowest BCUT2D eigenvalue weighted by atomic mass is 10.1. The summed E-state index contributed by atoms with van der Waals surface area (Å²) >= 11 is 6.11. The molecular formula is C22H26ClN3O2. The number of amides is 1. The van der Waals surface area contributed by atoms with E-state index < -0.39 is 0 Å². The van der Waals surface area contributed by atoms with Gasteiger partial charge in [0.1, 0.15) is 0 Å². The number of nitrogens with zero attached hydrogens (tertiary/aromatic N) is 1. The van der Waals surface area contributed by atoms with Crippen LogP contribution in [0.1, 0.15) is 28.8 Å². The Bertz CT molecular complexity index is 825. The molecule has 1 amide bonds. The first-order valence-electron chi connectivity index (χ1n) is 9.90. The Labute approximate surface area is 171 Å². The lowest BCUT2D eigenvalue weighted by molar-refractivity contribution is -0.0301. The number of anilines is 1. The zero-order valence-electron chi connectivity index (χ0n) is 15.9. The fraction of sp³-hybridized carbons (Fsp3) is 0.409. The highest BCUT2D eigenvalue weighted by atomic mass is 35.5. The van der Waals surface area contributed by atoms with Crippen molar-refractivity contribution >= 4 is 23.2 Å². The number of hydrogen-bond donors (Lipinski definition) is 2. The lowest BCUT2D eigenvalue weighted by Gasteiger charge is -2.33. The molecule has 0 aromatic heterocycles. The third kappa shape index (κ3) is 5.11. The van der Waals surface area contributed by atoms with Gasteiger partial charge in [0.05, 0.1) is 23.3 Å². The molecule has 2 aliphatic rings. The van der Waals surface area contributed by atoms with Crippen molar-refractivity contribution in [2.24, 2.45) is 0 Å². The zero-order valence-corrected chi connectivity index (χ0v) is 16.6. The molecule has 0 bridgehead atoms. The van der Waals surface area contributed by atoms with Crippen LogP contribution in [-0.2, 0) is 11.3 Å². The Morgan fingerprint density at radius 2 is 2.04 bits per heavy atom. The normalized spacial score (nSPS) is 20.1. The second-order valence-corrected chi connectivity index (χ2v) is 7.89.